The maximum atomic E-state index is 6.64. The molecule has 7 nitrogen and oxygen atoms in total. The van der Waals surface area contributed by atoms with E-state index in [2.05, 4.69) is 168 Å². The summed E-state index contributed by atoms with van der Waals surface area (Å²) in [6.45, 7) is 0. The summed E-state index contributed by atoms with van der Waals surface area (Å²) in [6.07, 6.45) is 0.601. The molecule has 0 unspecified atom stereocenters. The first-order valence-electron chi connectivity index (χ1n) is 21.0. The average Bonchev–Trinajstić information content (AvgIpc) is 3.34. The lowest BCUT2D eigenvalue weighted by Crippen LogP contribution is -2.37. The van der Waals surface area contributed by atoms with Crippen LogP contribution in [-0.4, -0.2) is 25.1 Å². The highest BCUT2D eigenvalue weighted by Gasteiger charge is 2.45. The van der Waals surface area contributed by atoms with Gasteiger partial charge in [0.25, 0.3) is 0 Å². The quantitative estimate of drug-likeness (QED) is 0.134. The highest BCUT2D eigenvalue weighted by Crippen LogP contribution is 2.40. The fourth-order valence-electron chi connectivity index (χ4n) is 8.19. The predicted octanol–water partition coefficient (Wildman–Crippen LogP) is 13.8. The molecule has 0 saturated carbocycles. The summed E-state index contributed by atoms with van der Waals surface area (Å²) in [6, 6.07) is 77.1. The maximum absolute atomic E-state index is 6.64. The van der Waals surface area contributed by atoms with Crippen LogP contribution < -0.4 is 21.2 Å². The van der Waals surface area contributed by atoms with Crippen LogP contribution >= 0.6 is 0 Å². The van der Waals surface area contributed by atoms with E-state index in [1.165, 1.54) is 0 Å². The Bertz CT molecular complexity index is 3050. The van der Waals surface area contributed by atoms with Crippen molar-refractivity contribution >= 4 is 71.1 Å². The van der Waals surface area contributed by atoms with E-state index in [1.807, 2.05) is 66.7 Å². The molecular formula is C55H39AlN4O3. The summed E-state index contributed by atoms with van der Waals surface area (Å²) in [4.78, 5) is 14.6. The van der Waals surface area contributed by atoms with Crippen molar-refractivity contribution < 1.29 is 11.4 Å². The normalized spacial score (nSPS) is 12.0. The fraction of sp³-hybridized carbons (Fsp3) is 0.0182. The van der Waals surface area contributed by atoms with Crippen molar-refractivity contribution in [3.05, 3.63) is 236 Å². The number of para-hydroxylation sites is 5. The topological polar surface area (TPSA) is 60.0 Å². The highest BCUT2D eigenvalue weighted by atomic mass is 27.3. The third-order valence-corrected chi connectivity index (χ3v) is 12.6. The number of benzene rings is 8. The molecule has 2 aromatic heterocycles. The van der Waals surface area contributed by atoms with E-state index in [0.29, 0.717) is 23.7 Å². The molecule has 8 aromatic carbocycles. The van der Waals surface area contributed by atoms with Gasteiger partial charge in [-0.15, -0.1) is 0 Å². The van der Waals surface area contributed by atoms with E-state index in [0.717, 1.165) is 78.4 Å². The monoisotopic (exact) mass is 830 g/mol. The van der Waals surface area contributed by atoms with Crippen LogP contribution in [0.25, 0.3) is 32.9 Å². The Morgan fingerprint density at radius 1 is 0.365 bits per heavy atom. The van der Waals surface area contributed by atoms with Crippen molar-refractivity contribution in [2.75, 3.05) is 9.80 Å². The molecule has 300 valence electrons. The first-order chi connectivity index (χ1) is 31.2. The molecule has 8 heteroatoms. The van der Waals surface area contributed by atoms with Gasteiger partial charge in [-0.25, -0.2) is 9.97 Å². The lowest BCUT2D eigenvalue weighted by molar-refractivity contribution is 0.310. The standard InChI is InChI=1S/C36H28N2O.C19H14N2O2.Al/c39-36-26-18-29(19-27-36)28-16-20-33(21-17-28)38(32-14-8-3-9-15-32)35-24-22-34(23-25-35)37(30-10-4-1-5-11-30)31-12-6-2-7-13-31;22-16-5-1-3-12-7-9-14(20-18(12)16)11-15-10-8-13-4-2-6-17(23)19(13)21-15;/h1-27,39H;1-10,22-23H,11H2;/q;;+3/p-3. The van der Waals surface area contributed by atoms with Gasteiger partial charge >= 0.3 is 15.1 Å². The zero-order valence-corrected chi connectivity index (χ0v) is 35.3. The number of hydrogen-bond donors (Lipinski definition) is 0. The summed E-state index contributed by atoms with van der Waals surface area (Å²) in [5.41, 5.74) is 12.0. The SMILES string of the molecule is c1ccc(N(c2ccccc2)c2ccc(N(c3ccccc3)c3ccc(-c4ccc([O][Al]5[O]c6cccc7ccc(nc67)Cc6ccc7cccc(c7n6)[O]5)cc4)cc3)cc2)cc1. The minimum Gasteiger partial charge on any atom is -0.577 e. The maximum Gasteiger partial charge on any atom is 1.20 e. The summed E-state index contributed by atoms with van der Waals surface area (Å²) in [5.74, 6) is 1.92. The van der Waals surface area contributed by atoms with Crippen LogP contribution in [0.2, 0.25) is 0 Å². The molecule has 1 aliphatic rings. The second-order valence-electron chi connectivity index (χ2n) is 15.3. The number of pyridine rings is 2. The highest BCUT2D eigenvalue weighted by molar-refractivity contribution is 6.40. The Labute approximate surface area is 371 Å². The number of hydrogen-bond acceptors (Lipinski definition) is 7. The second kappa shape index (κ2) is 16.9. The number of aromatic nitrogens is 2. The van der Waals surface area contributed by atoms with Crippen LogP contribution in [-0.2, 0) is 6.42 Å². The molecule has 0 atom stereocenters. The largest absolute Gasteiger partial charge is 1.20 e. The van der Waals surface area contributed by atoms with Gasteiger partial charge in [0.15, 0.2) is 0 Å². The van der Waals surface area contributed by atoms with E-state index in [4.69, 9.17) is 21.3 Å². The smallest absolute Gasteiger partial charge is 0.577 e. The average molecular weight is 831 g/mol. The lowest BCUT2D eigenvalue weighted by atomic mass is 10.0. The van der Waals surface area contributed by atoms with Crippen LogP contribution in [0, 0.1) is 0 Å². The summed E-state index contributed by atoms with van der Waals surface area (Å²) in [7, 11) is 0. The van der Waals surface area contributed by atoms with Gasteiger partial charge in [-0.1, -0.05) is 115 Å². The van der Waals surface area contributed by atoms with Crippen molar-refractivity contribution in [2.24, 2.45) is 0 Å². The summed E-state index contributed by atoms with van der Waals surface area (Å²) in [5, 5.41) is 1.97. The molecule has 0 radical (unpaired) electrons. The molecule has 0 spiro atoms. The zero-order valence-electron chi connectivity index (χ0n) is 34.2. The molecule has 4 bridgehead atoms. The van der Waals surface area contributed by atoms with Crippen LogP contribution in [0.5, 0.6) is 17.2 Å². The number of rotatable bonds is 9. The van der Waals surface area contributed by atoms with Gasteiger partial charge in [0.1, 0.15) is 22.5 Å². The molecule has 0 N–H and O–H groups in total. The molecule has 0 aliphatic carbocycles. The van der Waals surface area contributed by atoms with E-state index >= 15 is 0 Å². The second-order valence-corrected chi connectivity index (χ2v) is 16.6. The Hall–Kier alpha value is -7.89. The molecule has 1 aliphatic heterocycles. The Morgan fingerprint density at radius 2 is 0.746 bits per heavy atom. The van der Waals surface area contributed by atoms with Gasteiger partial charge in [0.05, 0.1) is 5.75 Å². The lowest BCUT2D eigenvalue weighted by Gasteiger charge is -2.28. The molecule has 10 aromatic rings. The molecule has 0 amide bonds. The molecule has 0 saturated heterocycles. The van der Waals surface area contributed by atoms with Crippen molar-refractivity contribution in [1.29, 1.82) is 0 Å². The predicted molar refractivity (Wildman–Crippen MR) is 255 cm³/mol. The van der Waals surface area contributed by atoms with Crippen LogP contribution in [0.1, 0.15) is 11.4 Å². The Morgan fingerprint density at radius 3 is 1.17 bits per heavy atom. The number of nitrogens with zero attached hydrogens (tertiary/aromatic N) is 4. The van der Waals surface area contributed by atoms with Crippen LogP contribution in [0.3, 0.4) is 0 Å². The minimum absolute atomic E-state index is 0.601. The van der Waals surface area contributed by atoms with Crippen molar-refractivity contribution in [2.45, 2.75) is 6.42 Å². The van der Waals surface area contributed by atoms with Crippen molar-refractivity contribution in [3.8, 4) is 28.4 Å². The molecule has 3 heterocycles. The first kappa shape index (κ1) is 38.1. The van der Waals surface area contributed by atoms with Gasteiger partial charge in [-0.05, 0) is 120 Å². The summed E-state index contributed by atoms with van der Waals surface area (Å²) >= 11 is -2.92. The van der Waals surface area contributed by atoms with Crippen molar-refractivity contribution in [3.63, 3.8) is 0 Å². The Balaban J connectivity index is 0.868. The van der Waals surface area contributed by atoms with E-state index in [9.17, 15) is 0 Å². The first-order valence-corrected chi connectivity index (χ1v) is 22.4. The van der Waals surface area contributed by atoms with Gasteiger partial charge in [0, 0.05) is 62.7 Å². The zero-order chi connectivity index (χ0) is 42.0. The summed E-state index contributed by atoms with van der Waals surface area (Å²) < 4.78 is 19.9. The van der Waals surface area contributed by atoms with E-state index in [1.54, 1.807) is 0 Å². The molecule has 0 fully saturated rings. The van der Waals surface area contributed by atoms with E-state index in [-0.39, 0.29) is 0 Å². The van der Waals surface area contributed by atoms with E-state index < -0.39 is 15.1 Å². The van der Waals surface area contributed by atoms with Gasteiger partial charge in [0.2, 0.25) is 0 Å². The van der Waals surface area contributed by atoms with Crippen molar-refractivity contribution in [1.82, 2.24) is 9.97 Å². The fourth-order valence-corrected chi connectivity index (χ4v) is 9.51. The number of anilines is 6. The van der Waals surface area contributed by atoms with Gasteiger partial charge in [-0.2, -0.15) is 0 Å². The third-order valence-electron chi connectivity index (χ3n) is 11.2. The van der Waals surface area contributed by atoms with Gasteiger partial charge in [-0.3, -0.25) is 0 Å². The molecular weight excluding hydrogens is 792 g/mol. The van der Waals surface area contributed by atoms with Gasteiger partial charge < -0.3 is 21.2 Å². The Kier molecular flexibility index (Phi) is 10.2. The van der Waals surface area contributed by atoms with Crippen LogP contribution in [0.15, 0.2) is 224 Å². The third kappa shape index (κ3) is 7.93. The number of fused-ring (bicyclic) bond motifs is 2. The molecule has 63 heavy (non-hydrogen) atoms. The minimum atomic E-state index is -2.92. The van der Waals surface area contributed by atoms with Crippen LogP contribution in [0.4, 0.5) is 34.1 Å². The molecule has 11 rings (SSSR count).